The van der Waals surface area contributed by atoms with Crippen LogP contribution in [0.25, 0.3) is 0 Å². The molecular formula is C13H9BrINO. The lowest BCUT2D eigenvalue weighted by atomic mass is 10.0. The molecule has 0 saturated carbocycles. The number of anilines is 1. The van der Waals surface area contributed by atoms with Crippen LogP contribution >= 0.6 is 38.5 Å². The number of carbonyl (C=O) groups is 1. The molecule has 0 unspecified atom stereocenters. The van der Waals surface area contributed by atoms with Gasteiger partial charge in [0.1, 0.15) is 0 Å². The molecule has 0 bridgehead atoms. The zero-order valence-electron chi connectivity index (χ0n) is 8.78. The minimum Gasteiger partial charge on any atom is -0.399 e. The lowest BCUT2D eigenvalue weighted by Crippen LogP contribution is -2.03. The number of halogens is 2. The highest BCUT2D eigenvalue weighted by atomic mass is 127. The van der Waals surface area contributed by atoms with Crippen LogP contribution in [0.3, 0.4) is 0 Å². The first-order chi connectivity index (χ1) is 8.08. The lowest BCUT2D eigenvalue weighted by molar-refractivity contribution is 0.103. The van der Waals surface area contributed by atoms with Crippen molar-refractivity contribution in [1.29, 1.82) is 0 Å². The van der Waals surface area contributed by atoms with Gasteiger partial charge in [-0.3, -0.25) is 4.79 Å². The second-order valence-electron chi connectivity index (χ2n) is 3.58. The first-order valence-electron chi connectivity index (χ1n) is 4.93. The Balaban J connectivity index is 2.43. The zero-order valence-corrected chi connectivity index (χ0v) is 12.5. The Kier molecular flexibility index (Phi) is 3.83. The van der Waals surface area contributed by atoms with Crippen molar-refractivity contribution >= 4 is 50.0 Å². The predicted octanol–water partition coefficient (Wildman–Crippen LogP) is 3.87. The monoisotopic (exact) mass is 401 g/mol. The Morgan fingerprint density at radius 3 is 2.41 bits per heavy atom. The third-order valence-corrected chi connectivity index (χ3v) is 3.75. The SMILES string of the molecule is Nc1ccc(Br)c(C(=O)c2ccc(I)cc2)c1. The number of ketones is 1. The molecule has 2 N–H and O–H groups in total. The molecule has 0 atom stereocenters. The smallest absolute Gasteiger partial charge is 0.194 e. The third kappa shape index (κ3) is 2.87. The molecule has 0 amide bonds. The summed E-state index contributed by atoms with van der Waals surface area (Å²) in [6, 6.07) is 12.7. The van der Waals surface area contributed by atoms with Crippen LogP contribution in [0, 0.1) is 3.57 Å². The van der Waals surface area contributed by atoms with Crippen LogP contribution in [-0.2, 0) is 0 Å². The number of benzene rings is 2. The molecule has 2 nitrogen and oxygen atoms in total. The van der Waals surface area contributed by atoms with Gasteiger partial charge in [0.2, 0.25) is 0 Å². The van der Waals surface area contributed by atoms with Gasteiger partial charge in [-0.25, -0.2) is 0 Å². The molecule has 2 aromatic carbocycles. The van der Waals surface area contributed by atoms with E-state index in [2.05, 4.69) is 38.5 Å². The fraction of sp³-hybridized carbons (Fsp3) is 0. The van der Waals surface area contributed by atoms with Crippen LogP contribution in [0.1, 0.15) is 15.9 Å². The summed E-state index contributed by atoms with van der Waals surface area (Å²) in [7, 11) is 0. The van der Waals surface area contributed by atoms with Gasteiger partial charge in [-0.1, -0.05) is 15.9 Å². The van der Waals surface area contributed by atoms with Crippen molar-refractivity contribution in [2.75, 3.05) is 5.73 Å². The molecular weight excluding hydrogens is 393 g/mol. The van der Waals surface area contributed by atoms with E-state index in [4.69, 9.17) is 5.73 Å². The van der Waals surface area contributed by atoms with Crippen molar-refractivity contribution in [2.45, 2.75) is 0 Å². The Morgan fingerprint density at radius 1 is 1.12 bits per heavy atom. The van der Waals surface area contributed by atoms with Crippen LogP contribution in [0.4, 0.5) is 5.69 Å². The van der Waals surface area contributed by atoms with Crippen molar-refractivity contribution < 1.29 is 4.79 Å². The van der Waals surface area contributed by atoms with Crippen molar-refractivity contribution in [1.82, 2.24) is 0 Å². The molecule has 0 aliphatic heterocycles. The van der Waals surface area contributed by atoms with Gasteiger partial charge >= 0.3 is 0 Å². The summed E-state index contributed by atoms with van der Waals surface area (Å²) >= 11 is 5.57. The van der Waals surface area contributed by atoms with Crippen molar-refractivity contribution in [3.63, 3.8) is 0 Å². The lowest BCUT2D eigenvalue weighted by Gasteiger charge is -2.05. The van der Waals surface area contributed by atoms with Crippen LogP contribution in [-0.4, -0.2) is 5.78 Å². The quantitative estimate of drug-likeness (QED) is 0.471. The molecule has 0 saturated heterocycles. The van der Waals surface area contributed by atoms with Crippen LogP contribution in [0.15, 0.2) is 46.9 Å². The van der Waals surface area contributed by atoms with Crippen LogP contribution in [0.5, 0.6) is 0 Å². The molecule has 0 radical (unpaired) electrons. The van der Waals surface area contributed by atoms with Gasteiger partial charge in [0, 0.05) is 24.9 Å². The van der Waals surface area contributed by atoms with E-state index in [-0.39, 0.29) is 5.78 Å². The van der Waals surface area contributed by atoms with E-state index in [1.807, 2.05) is 24.3 Å². The van der Waals surface area contributed by atoms with Crippen LogP contribution < -0.4 is 5.73 Å². The second kappa shape index (κ2) is 5.18. The topological polar surface area (TPSA) is 43.1 Å². The number of hydrogen-bond donors (Lipinski definition) is 1. The molecule has 4 heteroatoms. The first-order valence-corrected chi connectivity index (χ1v) is 6.80. The normalized spacial score (nSPS) is 10.2. The predicted molar refractivity (Wildman–Crippen MR) is 81.1 cm³/mol. The van der Waals surface area contributed by atoms with Gasteiger partial charge in [0.15, 0.2) is 5.78 Å². The van der Waals surface area contributed by atoms with E-state index in [0.717, 1.165) is 8.04 Å². The largest absolute Gasteiger partial charge is 0.399 e. The van der Waals surface area contributed by atoms with E-state index < -0.39 is 0 Å². The highest BCUT2D eigenvalue weighted by Gasteiger charge is 2.12. The maximum atomic E-state index is 12.2. The van der Waals surface area contributed by atoms with Gasteiger partial charge in [-0.15, -0.1) is 0 Å². The summed E-state index contributed by atoms with van der Waals surface area (Å²) < 4.78 is 1.86. The fourth-order valence-electron chi connectivity index (χ4n) is 1.47. The molecule has 17 heavy (non-hydrogen) atoms. The van der Waals surface area contributed by atoms with Crippen molar-refractivity contribution in [3.8, 4) is 0 Å². The number of carbonyl (C=O) groups excluding carboxylic acids is 1. The van der Waals surface area contributed by atoms with Crippen molar-refractivity contribution in [3.05, 3.63) is 61.6 Å². The maximum absolute atomic E-state index is 12.2. The standard InChI is InChI=1S/C13H9BrINO/c14-12-6-5-10(16)7-11(12)13(17)8-1-3-9(15)4-2-8/h1-7H,16H2. The summed E-state index contributed by atoms with van der Waals surface area (Å²) in [5.74, 6) is -0.0272. The van der Waals surface area contributed by atoms with Gasteiger partial charge in [0.25, 0.3) is 0 Å². The summed E-state index contributed by atoms with van der Waals surface area (Å²) in [5.41, 5.74) is 7.53. The van der Waals surface area contributed by atoms with Crippen molar-refractivity contribution in [2.24, 2.45) is 0 Å². The number of nitrogen functional groups attached to an aromatic ring is 1. The van der Waals surface area contributed by atoms with E-state index in [0.29, 0.717) is 16.8 Å². The second-order valence-corrected chi connectivity index (χ2v) is 5.68. The average molecular weight is 402 g/mol. The molecule has 0 aromatic heterocycles. The number of hydrogen-bond acceptors (Lipinski definition) is 2. The minimum atomic E-state index is -0.0272. The highest BCUT2D eigenvalue weighted by molar-refractivity contribution is 14.1. The molecule has 0 aliphatic carbocycles. The van der Waals surface area contributed by atoms with Gasteiger partial charge in [-0.05, 0) is 65.1 Å². The van der Waals surface area contributed by atoms with Gasteiger partial charge in [-0.2, -0.15) is 0 Å². The molecule has 0 heterocycles. The first kappa shape index (κ1) is 12.6. The summed E-state index contributed by atoms with van der Waals surface area (Å²) in [6.45, 7) is 0. The summed E-state index contributed by atoms with van der Waals surface area (Å²) in [4.78, 5) is 12.2. The number of nitrogens with two attached hydrogens (primary N) is 1. The molecule has 86 valence electrons. The minimum absolute atomic E-state index is 0.0272. The van der Waals surface area contributed by atoms with E-state index in [9.17, 15) is 4.79 Å². The average Bonchev–Trinajstić information content (AvgIpc) is 2.32. The van der Waals surface area contributed by atoms with Gasteiger partial charge < -0.3 is 5.73 Å². The molecule has 0 spiro atoms. The number of rotatable bonds is 2. The molecule has 2 aromatic rings. The third-order valence-electron chi connectivity index (χ3n) is 2.34. The summed E-state index contributed by atoms with van der Waals surface area (Å²) in [5, 5.41) is 0. The fourth-order valence-corrected chi connectivity index (χ4v) is 2.26. The van der Waals surface area contributed by atoms with Crippen LogP contribution in [0.2, 0.25) is 0 Å². The Morgan fingerprint density at radius 2 is 1.76 bits per heavy atom. The van der Waals surface area contributed by atoms with Gasteiger partial charge in [0.05, 0.1) is 0 Å². The Labute approximate surface area is 121 Å². The Hall–Kier alpha value is -0.880. The van der Waals surface area contributed by atoms with E-state index in [1.165, 1.54) is 0 Å². The maximum Gasteiger partial charge on any atom is 0.194 e. The molecule has 0 fully saturated rings. The molecule has 2 rings (SSSR count). The molecule has 0 aliphatic rings. The van der Waals surface area contributed by atoms with E-state index >= 15 is 0 Å². The highest BCUT2D eigenvalue weighted by Crippen LogP contribution is 2.22. The Bertz CT molecular complexity index is 566. The van der Waals surface area contributed by atoms with E-state index in [1.54, 1.807) is 18.2 Å². The summed E-state index contributed by atoms with van der Waals surface area (Å²) in [6.07, 6.45) is 0. The zero-order chi connectivity index (χ0) is 12.4.